The van der Waals surface area contributed by atoms with Crippen molar-refractivity contribution in [3.05, 3.63) is 109 Å². The fraction of sp³-hybridized carbons (Fsp3) is 0.0385. The Morgan fingerprint density at radius 2 is 1.55 bits per heavy atom. The Hall–Kier alpha value is -4.65. The average Bonchev–Trinajstić information content (AvgIpc) is 3.29. The number of amides is 1. The molecule has 0 saturated carbocycles. The third-order valence-electron chi connectivity index (χ3n) is 5.14. The zero-order valence-electron chi connectivity index (χ0n) is 17.7. The normalized spacial score (nSPS) is 10.7. The molecule has 0 aliphatic carbocycles. The maximum Gasteiger partial charge on any atom is 0.231 e. The predicted molar refractivity (Wildman–Crippen MR) is 127 cm³/mol. The number of anilines is 1. The lowest BCUT2D eigenvalue weighted by Gasteiger charge is -2.09. The van der Waals surface area contributed by atoms with Crippen LogP contribution in [0.3, 0.4) is 0 Å². The van der Waals surface area contributed by atoms with Gasteiger partial charge in [-0.15, -0.1) is 5.10 Å². The minimum Gasteiger partial charge on any atom is -0.310 e. The number of nitrogens with one attached hydrogen (secondary N) is 1. The van der Waals surface area contributed by atoms with Crippen LogP contribution < -0.4 is 5.32 Å². The molecule has 2 aromatic carbocycles. The lowest BCUT2D eigenvalue weighted by atomic mass is 10.1. The van der Waals surface area contributed by atoms with Crippen LogP contribution >= 0.6 is 0 Å². The summed E-state index contributed by atoms with van der Waals surface area (Å²) in [6.45, 7) is 0. The van der Waals surface area contributed by atoms with Crippen molar-refractivity contribution in [2.24, 2.45) is 0 Å². The Kier molecular flexibility index (Phi) is 5.67. The summed E-state index contributed by atoms with van der Waals surface area (Å²) in [7, 11) is 0. The smallest absolute Gasteiger partial charge is 0.231 e. The second-order valence-electron chi connectivity index (χ2n) is 7.40. The van der Waals surface area contributed by atoms with E-state index < -0.39 is 0 Å². The number of carbonyl (C=O) groups is 1. The Morgan fingerprint density at radius 1 is 0.788 bits per heavy atom. The first kappa shape index (κ1) is 20.3. The first-order chi connectivity index (χ1) is 16.3. The minimum absolute atomic E-state index is 0.0621. The van der Waals surface area contributed by atoms with Gasteiger partial charge in [0.05, 0.1) is 24.0 Å². The highest BCUT2D eigenvalue weighted by atomic mass is 16.1. The molecular formula is C26H20N6O. The van der Waals surface area contributed by atoms with Gasteiger partial charge >= 0.3 is 0 Å². The summed E-state index contributed by atoms with van der Waals surface area (Å²) in [5.41, 5.74) is 5.07. The van der Waals surface area contributed by atoms with Crippen LogP contribution in [0, 0.1) is 0 Å². The highest BCUT2D eigenvalue weighted by Crippen LogP contribution is 2.25. The average molecular weight is 432 g/mol. The quantitative estimate of drug-likeness (QED) is 0.425. The van der Waals surface area contributed by atoms with Crippen LogP contribution in [0.5, 0.6) is 0 Å². The van der Waals surface area contributed by atoms with E-state index in [1.165, 1.54) is 0 Å². The molecule has 0 fully saturated rings. The van der Waals surface area contributed by atoms with E-state index in [-0.39, 0.29) is 12.3 Å². The zero-order chi connectivity index (χ0) is 22.5. The third kappa shape index (κ3) is 4.52. The number of nitrogens with zero attached hydrogens (tertiary/aromatic N) is 5. The van der Waals surface area contributed by atoms with Crippen molar-refractivity contribution in [2.75, 3.05) is 5.32 Å². The highest BCUT2D eigenvalue weighted by Gasteiger charge is 2.19. The molecule has 0 radical (unpaired) electrons. The molecule has 160 valence electrons. The second kappa shape index (κ2) is 9.23. The van der Waals surface area contributed by atoms with E-state index in [0.717, 1.165) is 28.1 Å². The van der Waals surface area contributed by atoms with Gasteiger partial charge in [-0.1, -0.05) is 65.9 Å². The van der Waals surface area contributed by atoms with Gasteiger partial charge in [0, 0.05) is 23.5 Å². The van der Waals surface area contributed by atoms with E-state index >= 15 is 0 Å². The molecule has 1 amide bonds. The number of pyridine rings is 2. The first-order valence-corrected chi connectivity index (χ1v) is 10.5. The number of aromatic nitrogens is 5. The topological polar surface area (TPSA) is 85.6 Å². The molecule has 0 bridgehead atoms. The van der Waals surface area contributed by atoms with E-state index in [2.05, 4.69) is 25.6 Å². The summed E-state index contributed by atoms with van der Waals surface area (Å²) in [5.74, 6) is 0.269. The zero-order valence-corrected chi connectivity index (χ0v) is 17.7. The monoisotopic (exact) mass is 432 g/mol. The number of benzene rings is 2. The molecule has 0 aliphatic heterocycles. The lowest BCUT2D eigenvalue weighted by Crippen LogP contribution is -2.16. The Labute approximate surface area is 190 Å². The van der Waals surface area contributed by atoms with Gasteiger partial charge in [-0.2, -0.15) is 0 Å². The molecule has 7 nitrogen and oxygen atoms in total. The van der Waals surface area contributed by atoms with Crippen LogP contribution in [0.4, 0.5) is 5.82 Å². The number of hydrogen-bond acceptors (Lipinski definition) is 5. The highest BCUT2D eigenvalue weighted by molar-refractivity contribution is 5.92. The summed E-state index contributed by atoms with van der Waals surface area (Å²) in [6.07, 6.45) is 5.22. The first-order valence-electron chi connectivity index (χ1n) is 10.5. The van der Waals surface area contributed by atoms with E-state index in [0.29, 0.717) is 11.5 Å². The third-order valence-corrected chi connectivity index (χ3v) is 5.14. The molecular weight excluding hydrogens is 412 g/mol. The lowest BCUT2D eigenvalue weighted by molar-refractivity contribution is -0.115. The summed E-state index contributed by atoms with van der Waals surface area (Å²) < 4.78 is 1.71. The van der Waals surface area contributed by atoms with E-state index in [9.17, 15) is 4.79 Å². The molecule has 3 heterocycles. The Balaban J connectivity index is 1.38. The van der Waals surface area contributed by atoms with Crippen molar-refractivity contribution in [3.8, 4) is 28.1 Å². The van der Waals surface area contributed by atoms with Crippen molar-refractivity contribution in [2.45, 2.75) is 6.42 Å². The maximum absolute atomic E-state index is 12.8. The summed E-state index contributed by atoms with van der Waals surface area (Å²) in [4.78, 5) is 21.4. The van der Waals surface area contributed by atoms with Gasteiger partial charge in [0.1, 0.15) is 11.5 Å². The van der Waals surface area contributed by atoms with E-state index in [1.807, 2.05) is 78.9 Å². The van der Waals surface area contributed by atoms with Crippen LogP contribution in [0.2, 0.25) is 0 Å². The van der Waals surface area contributed by atoms with Crippen LogP contribution in [-0.2, 0) is 11.2 Å². The van der Waals surface area contributed by atoms with Crippen LogP contribution in [-0.4, -0.2) is 30.9 Å². The Morgan fingerprint density at radius 3 is 2.21 bits per heavy atom. The molecule has 5 rings (SSSR count). The summed E-state index contributed by atoms with van der Waals surface area (Å²) in [6, 6.07) is 27.2. The van der Waals surface area contributed by atoms with E-state index in [1.54, 1.807) is 29.3 Å². The van der Waals surface area contributed by atoms with Crippen LogP contribution in [0.25, 0.3) is 28.1 Å². The van der Waals surface area contributed by atoms with Crippen molar-refractivity contribution < 1.29 is 4.79 Å². The molecule has 1 N–H and O–H groups in total. The molecule has 3 aromatic heterocycles. The van der Waals surface area contributed by atoms with Crippen molar-refractivity contribution in [1.82, 2.24) is 25.0 Å². The second-order valence-corrected chi connectivity index (χ2v) is 7.40. The predicted octanol–water partition coefficient (Wildman–Crippen LogP) is 4.57. The number of rotatable bonds is 6. The van der Waals surface area contributed by atoms with Gasteiger partial charge in [-0.25, -0.2) is 9.67 Å². The maximum atomic E-state index is 12.8. The molecule has 0 saturated heterocycles. The standard InChI is InChI=1S/C26H20N6O/c33-25(29-24-14-13-21(17-28-24)19-8-3-1-4-9-19)16-23-26(20-10-5-2-6-11-20)32(31-30-23)22-12-7-15-27-18-22/h1-15,17-18H,16H2,(H,28,29,33). The largest absolute Gasteiger partial charge is 0.310 e. The van der Waals surface area contributed by atoms with Crippen molar-refractivity contribution in [3.63, 3.8) is 0 Å². The summed E-state index contributed by atoms with van der Waals surface area (Å²) >= 11 is 0. The van der Waals surface area contributed by atoms with Gasteiger partial charge < -0.3 is 5.32 Å². The fourth-order valence-electron chi connectivity index (χ4n) is 3.59. The van der Waals surface area contributed by atoms with Gasteiger partial charge in [0.25, 0.3) is 0 Å². The van der Waals surface area contributed by atoms with Crippen LogP contribution in [0.15, 0.2) is 104 Å². The van der Waals surface area contributed by atoms with Crippen molar-refractivity contribution in [1.29, 1.82) is 0 Å². The number of hydrogen-bond donors (Lipinski definition) is 1. The van der Waals surface area contributed by atoms with Gasteiger partial charge in [0.2, 0.25) is 5.91 Å². The molecule has 0 unspecified atom stereocenters. The van der Waals surface area contributed by atoms with Gasteiger partial charge in [-0.3, -0.25) is 9.78 Å². The number of carbonyl (C=O) groups excluding carboxylic acids is 1. The van der Waals surface area contributed by atoms with Crippen LogP contribution in [0.1, 0.15) is 5.69 Å². The Bertz CT molecular complexity index is 1350. The molecule has 0 spiro atoms. The summed E-state index contributed by atoms with van der Waals surface area (Å²) in [5, 5.41) is 11.5. The molecule has 0 atom stereocenters. The van der Waals surface area contributed by atoms with E-state index in [4.69, 9.17) is 0 Å². The molecule has 0 aliphatic rings. The van der Waals surface area contributed by atoms with Crippen molar-refractivity contribution >= 4 is 11.7 Å². The van der Waals surface area contributed by atoms with Gasteiger partial charge in [0.15, 0.2) is 0 Å². The molecule has 7 heteroatoms. The molecule has 5 aromatic rings. The SMILES string of the molecule is O=C(Cc1nnn(-c2cccnc2)c1-c1ccccc1)Nc1ccc(-c2ccccc2)cn1. The molecule has 33 heavy (non-hydrogen) atoms. The van der Waals surface area contributed by atoms with Gasteiger partial charge in [-0.05, 0) is 29.8 Å². The minimum atomic E-state index is -0.217. The fourth-order valence-corrected chi connectivity index (χ4v) is 3.59.